The highest BCUT2D eigenvalue weighted by Crippen LogP contribution is 2.17. The van der Waals surface area contributed by atoms with Crippen molar-refractivity contribution in [3.05, 3.63) is 0 Å². The average Bonchev–Trinajstić information content (AvgIpc) is 2.16. The van der Waals surface area contributed by atoms with Crippen LogP contribution in [0.2, 0.25) is 0 Å². The highest BCUT2D eigenvalue weighted by Gasteiger charge is 2.28. The molecule has 0 aromatic rings. The van der Waals surface area contributed by atoms with E-state index in [4.69, 9.17) is 4.74 Å². The summed E-state index contributed by atoms with van der Waals surface area (Å²) >= 11 is 0. The molecule has 0 atom stereocenters. The number of hydrogen-bond donors (Lipinski definition) is 1. The predicted molar refractivity (Wildman–Crippen MR) is 60.2 cm³/mol. The summed E-state index contributed by atoms with van der Waals surface area (Å²) in [5.41, 5.74) is -0.0156. The maximum atomic E-state index is 11.9. The molecule has 1 saturated heterocycles. The van der Waals surface area contributed by atoms with Crippen LogP contribution in [0.15, 0.2) is 0 Å². The molecule has 0 amide bonds. The highest BCUT2D eigenvalue weighted by molar-refractivity contribution is 7.90. The molecule has 1 aliphatic heterocycles. The van der Waals surface area contributed by atoms with Crippen molar-refractivity contribution in [2.75, 3.05) is 19.8 Å². The van der Waals surface area contributed by atoms with Crippen LogP contribution in [0, 0.1) is 5.41 Å². The van der Waals surface area contributed by atoms with Gasteiger partial charge in [0, 0.05) is 19.8 Å². The van der Waals surface area contributed by atoms with Gasteiger partial charge >= 0.3 is 0 Å². The van der Waals surface area contributed by atoms with Crippen LogP contribution in [0.3, 0.4) is 0 Å². The summed E-state index contributed by atoms with van der Waals surface area (Å²) in [6.07, 6.45) is 1.22. The van der Waals surface area contributed by atoms with E-state index in [1.807, 2.05) is 20.8 Å². The molecule has 0 spiro atoms. The van der Waals surface area contributed by atoms with Crippen LogP contribution in [-0.4, -0.2) is 33.4 Å². The summed E-state index contributed by atoms with van der Waals surface area (Å²) in [5, 5.41) is -0.270. The van der Waals surface area contributed by atoms with Gasteiger partial charge in [0.25, 0.3) is 0 Å². The van der Waals surface area contributed by atoms with Crippen LogP contribution in [-0.2, 0) is 14.8 Å². The second-order valence-electron chi connectivity index (χ2n) is 5.24. The standard InChI is InChI=1S/C10H21NO3S/c1-10(2,3)8-11-15(12,13)9-4-6-14-7-5-9/h9,11H,4-8H2,1-3H3. The molecular formula is C10H21NO3S. The van der Waals surface area contributed by atoms with Gasteiger partial charge in [-0.15, -0.1) is 0 Å². The van der Waals surface area contributed by atoms with Crippen molar-refractivity contribution in [1.29, 1.82) is 0 Å². The second-order valence-corrected chi connectivity index (χ2v) is 7.28. The molecule has 0 unspecified atom stereocenters. The topological polar surface area (TPSA) is 55.4 Å². The molecule has 0 saturated carbocycles. The Morgan fingerprint density at radius 1 is 1.27 bits per heavy atom. The first kappa shape index (κ1) is 12.9. The number of ether oxygens (including phenoxy) is 1. The molecule has 0 radical (unpaired) electrons. The Morgan fingerprint density at radius 2 is 1.80 bits per heavy atom. The second kappa shape index (κ2) is 4.80. The van der Waals surface area contributed by atoms with Crippen LogP contribution in [0.25, 0.3) is 0 Å². The van der Waals surface area contributed by atoms with Crippen molar-refractivity contribution in [1.82, 2.24) is 4.72 Å². The van der Waals surface area contributed by atoms with E-state index in [9.17, 15) is 8.42 Å². The zero-order valence-corrected chi connectivity index (χ0v) is 10.6. The largest absolute Gasteiger partial charge is 0.381 e. The van der Waals surface area contributed by atoms with Crippen molar-refractivity contribution < 1.29 is 13.2 Å². The van der Waals surface area contributed by atoms with Gasteiger partial charge < -0.3 is 4.74 Å². The van der Waals surface area contributed by atoms with Gasteiger partial charge in [-0.25, -0.2) is 13.1 Å². The van der Waals surface area contributed by atoms with E-state index in [1.54, 1.807) is 0 Å². The van der Waals surface area contributed by atoms with E-state index in [0.717, 1.165) is 0 Å². The maximum Gasteiger partial charge on any atom is 0.214 e. The summed E-state index contributed by atoms with van der Waals surface area (Å²) in [5.74, 6) is 0. The SMILES string of the molecule is CC(C)(C)CNS(=O)(=O)C1CCOCC1. The first-order valence-corrected chi connectivity index (χ1v) is 6.92. The third kappa shape index (κ3) is 4.49. The lowest BCUT2D eigenvalue weighted by Gasteiger charge is -2.25. The summed E-state index contributed by atoms with van der Waals surface area (Å²) in [4.78, 5) is 0. The van der Waals surface area contributed by atoms with Gasteiger partial charge in [0.1, 0.15) is 0 Å². The fourth-order valence-corrected chi connectivity index (χ4v) is 3.10. The Morgan fingerprint density at radius 3 is 2.27 bits per heavy atom. The smallest absolute Gasteiger partial charge is 0.214 e. The minimum absolute atomic E-state index is 0.0156. The molecule has 1 fully saturated rings. The first-order valence-electron chi connectivity index (χ1n) is 5.37. The van der Waals surface area contributed by atoms with E-state index in [2.05, 4.69) is 4.72 Å². The minimum atomic E-state index is -3.15. The molecule has 0 bridgehead atoms. The van der Waals surface area contributed by atoms with Crippen molar-refractivity contribution in [2.45, 2.75) is 38.9 Å². The average molecular weight is 235 g/mol. The zero-order chi connectivity index (χ0) is 11.5. The Balaban J connectivity index is 2.51. The van der Waals surface area contributed by atoms with E-state index in [1.165, 1.54) is 0 Å². The molecule has 90 valence electrons. The highest BCUT2D eigenvalue weighted by atomic mass is 32.2. The van der Waals surface area contributed by atoms with Crippen LogP contribution in [0.4, 0.5) is 0 Å². The number of sulfonamides is 1. The van der Waals surface area contributed by atoms with Crippen molar-refractivity contribution >= 4 is 10.0 Å². The van der Waals surface area contributed by atoms with E-state index >= 15 is 0 Å². The van der Waals surface area contributed by atoms with Crippen molar-refractivity contribution in [3.63, 3.8) is 0 Å². The maximum absolute atomic E-state index is 11.9. The molecule has 1 N–H and O–H groups in total. The van der Waals surface area contributed by atoms with Gasteiger partial charge in [0.2, 0.25) is 10.0 Å². The minimum Gasteiger partial charge on any atom is -0.381 e. The summed E-state index contributed by atoms with van der Waals surface area (Å²) in [7, 11) is -3.15. The Hall–Kier alpha value is -0.130. The molecule has 0 aromatic heterocycles. The molecule has 1 heterocycles. The van der Waals surface area contributed by atoms with E-state index in [-0.39, 0.29) is 10.7 Å². The lowest BCUT2D eigenvalue weighted by Crippen LogP contribution is -2.41. The molecule has 15 heavy (non-hydrogen) atoms. The number of nitrogens with one attached hydrogen (secondary N) is 1. The van der Waals surface area contributed by atoms with Gasteiger partial charge in [-0.05, 0) is 18.3 Å². The third-order valence-electron chi connectivity index (χ3n) is 2.41. The quantitative estimate of drug-likeness (QED) is 0.798. The molecule has 1 aliphatic rings. The van der Waals surface area contributed by atoms with Crippen LogP contribution >= 0.6 is 0 Å². The molecule has 1 rings (SSSR count). The fraction of sp³-hybridized carbons (Fsp3) is 1.00. The van der Waals surface area contributed by atoms with Gasteiger partial charge in [-0.1, -0.05) is 20.8 Å². The van der Waals surface area contributed by atoms with Gasteiger partial charge in [-0.3, -0.25) is 0 Å². The monoisotopic (exact) mass is 235 g/mol. The van der Waals surface area contributed by atoms with Gasteiger partial charge in [-0.2, -0.15) is 0 Å². The number of hydrogen-bond acceptors (Lipinski definition) is 3. The molecule has 5 heteroatoms. The molecule has 0 aliphatic carbocycles. The third-order valence-corrected chi connectivity index (χ3v) is 4.31. The van der Waals surface area contributed by atoms with E-state index in [0.29, 0.717) is 32.6 Å². The fourth-order valence-electron chi connectivity index (χ4n) is 1.42. The Kier molecular flexibility index (Phi) is 4.14. The lowest BCUT2D eigenvalue weighted by atomic mass is 9.98. The number of rotatable bonds is 3. The summed E-state index contributed by atoms with van der Waals surface area (Å²) in [6, 6.07) is 0. The normalized spacial score (nSPS) is 20.5. The summed E-state index contributed by atoms with van der Waals surface area (Å²) < 4.78 is 31.6. The Bertz CT molecular complexity index is 286. The van der Waals surface area contributed by atoms with Gasteiger partial charge in [0.05, 0.1) is 5.25 Å². The van der Waals surface area contributed by atoms with Crippen LogP contribution in [0.1, 0.15) is 33.6 Å². The zero-order valence-electron chi connectivity index (χ0n) is 9.75. The van der Waals surface area contributed by atoms with Crippen LogP contribution in [0.5, 0.6) is 0 Å². The molecule has 4 nitrogen and oxygen atoms in total. The molecular weight excluding hydrogens is 214 g/mol. The molecule has 0 aromatic carbocycles. The van der Waals surface area contributed by atoms with Crippen molar-refractivity contribution in [2.24, 2.45) is 5.41 Å². The predicted octanol–water partition coefficient (Wildman–Crippen LogP) is 1.13. The van der Waals surface area contributed by atoms with Crippen LogP contribution < -0.4 is 4.72 Å². The van der Waals surface area contributed by atoms with E-state index < -0.39 is 10.0 Å². The summed E-state index contributed by atoms with van der Waals surface area (Å²) in [6.45, 7) is 7.65. The van der Waals surface area contributed by atoms with Gasteiger partial charge in [0.15, 0.2) is 0 Å². The first-order chi connectivity index (χ1) is 6.81. The lowest BCUT2D eigenvalue weighted by molar-refractivity contribution is 0.0981. The van der Waals surface area contributed by atoms with Crippen molar-refractivity contribution in [3.8, 4) is 0 Å². The Labute approximate surface area is 92.4 Å².